The van der Waals surface area contributed by atoms with E-state index in [0.717, 1.165) is 5.56 Å². The van der Waals surface area contributed by atoms with Crippen LogP contribution in [0.2, 0.25) is 0 Å². The van der Waals surface area contributed by atoms with Crippen LogP contribution in [-0.2, 0) is 11.3 Å². The van der Waals surface area contributed by atoms with E-state index in [4.69, 9.17) is 9.84 Å². The predicted octanol–water partition coefficient (Wildman–Crippen LogP) is 1.68. The summed E-state index contributed by atoms with van der Waals surface area (Å²) in [5.41, 5.74) is 1.72. The van der Waals surface area contributed by atoms with Crippen LogP contribution >= 0.6 is 0 Å². The molecule has 0 unspecified atom stereocenters. The monoisotopic (exact) mass is 251 g/mol. The first-order valence-corrected chi connectivity index (χ1v) is 6.21. The van der Waals surface area contributed by atoms with Gasteiger partial charge in [-0.2, -0.15) is 0 Å². The minimum atomic E-state index is 0.00918. The van der Waals surface area contributed by atoms with Crippen LogP contribution in [0.1, 0.15) is 29.3 Å². The minimum Gasteiger partial charge on any atom is -0.396 e. The van der Waals surface area contributed by atoms with Crippen LogP contribution in [0.25, 0.3) is 0 Å². The molecule has 0 saturated carbocycles. The molecule has 4 heteroatoms. The lowest BCUT2D eigenvalue weighted by molar-refractivity contribution is 0.0754. The van der Waals surface area contributed by atoms with Crippen LogP contribution in [0.3, 0.4) is 0 Å². The molecule has 0 saturated heterocycles. The number of carbonyl (C=O) groups excluding carboxylic acids is 1. The summed E-state index contributed by atoms with van der Waals surface area (Å²) in [4.78, 5) is 13.9. The Morgan fingerprint density at radius 2 is 2.00 bits per heavy atom. The molecule has 0 aliphatic rings. The number of amides is 1. The first kappa shape index (κ1) is 14.7. The average molecular weight is 251 g/mol. The lowest BCUT2D eigenvalue weighted by atomic mass is 10.1. The van der Waals surface area contributed by atoms with Gasteiger partial charge in [-0.05, 0) is 31.0 Å². The average Bonchev–Trinajstić information content (AvgIpc) is 2.40. The fourth-order valence-corrected chi connectivity index (χ4v) is 1.76. The van der Waals surface area contributed by atoms with Crippen molar-refractivity contribution >= 4 is 5.91 Å². The summed E-state index contributed by atoms with van der Waals surface area (Å²) in [5, 5.41) is 8.81. The van der Waals surface area contributed by atoms with Crippen LogP contribution in [0.4, 0.5) is 0 Å². The molecule has 4 nitrogen and oxygen atoms in total. The molecule has 0 fully saturated rings. The highest BCUT2D eigenvalue weighted by Crippen LogP contribution is 2.09. The molecule has 100 valence electrons. The number of nitrogens with zero attached hydrogens (tertiary/aromatic N) is 1. The summed E-state index contributed by atoms with van der Waals surface area (Å²) in [6.07, 6.45) is 0.612. The molecular weight excluding hydrogens is 230 g/mol. The number of carbonyl (C=O) groups is 1. The van der Waals surface area contributed by atoms with Crippen LogP contribution < -0.4 is 0 Å². The standard InChI is InChI=1S/C14H21NO3/c1-3-15(9-4-10-16)14(17)13-7-5-12(6-8-13)11-18-2/h5-8,16H,3-4,9-11H2,1-2H3. The van der Waals surface area contributed by atoms with E-state index < -0.39 is 0 Å². The van der Waals surface area contributed by atoms with Crippen molar-refractivity contribution in [2.75, 3.05) is 26.8 Å². The number of aliphatic hydroxyl groups excluding tert-OH is 1. The first-order valence-electron chi connectivity index (χ1n) is 6.21. The zero-order valence-electron chi connectivity index (χ0n) is 11.1. The Bertz CT molecular complexity index is 362. The van der Waals surface area contributed by atoms with Gasteiger partial charge in [-0.25, -0.2) is 0 Å². The SMILES string of the molecule is CCN(CCCO)C(=O)c1ccc(COC)cc1. The molecule has 1 aromatic rings. The molecule has 0 spiro atoms. The highest BCUT2D eigenvalue weighted by Gasteiger charge is 2.13. The van der Waals surface area contributed by atoms with Gasteiger partial charge in [0.15, 0.2) is 0 Å². The number of aliphatic hydroxyl groups is 1. The number of rotatable bonds is 7. The fraction of sp³-hybridized carbons (Fsp3) is 0.500. The second-order valence-electron chi connectivity index (χ2n) is 4.09. The van der Waals surface area contributed by atoms with Crippen molar-refractivity contribution in [3.05, 3.63) is 35.4 Å². The third-order valence-corrected chi connectivity index (χ3v) is 2.77. The predicted molar refractivity (Wildman–Crippen MR) is 70.4 cm³/mol. The Morgan fingerprint density at radius 1 is 1.33 bits per heavy atom. The van der Waals surface area contributed by atoms with Crippen LogP contribution in [0, 0.1) is 0 Å². The molecule has 18 heavy (non-hydrogen) atoms. The van der Waals surface area contributed by atoms with E-state index in [-0.39, 0.29) is 12.5 Å². The van der Waals surface area contributed by atoms with Gasteiger partial charge in [0.25, 0.3) is 5.91 Å². The van der Waals surface area contributed by atoms with E-state index in [2.05, 4.69) is 0 Å². The number of hydrogen-bond donors (Lipinski definition) is 1. The van der Waals surface area contributed by atoms with Gasteiger partial charge in [0.1, 0.15) is 0 Å². The van der Waals surface area contributed by atoms with Crippen molar-refractivity contribution in [3.8, 4) is 0 Å². The molecule has 1 aromatic carbocycles. The summed E-state index contributed by atoms with van der Waals surface area (Å²) in [7, 11) is 1.65. The molecule has 0 heterocycles. The van der Waals surface area contributed by atoms with Crippen LogP contribution in [0.15, 0.2) is 24.3 Å². The van der Waals surface area contributed by atoms with Crippen LogP contribution in [0.5, 0.6) is 0 Å². The molecule has 1 amide bonds. The molecular formula is C14H21NO3. The van der Waals surface area contributed by atoms with E-state index in [1.807, 2.05) is 31.2 Å². The Balaban J connectivity index is 2.69. The van der Waals surface area contributed by atoms with E-state index in [1.165, 1.54) is 0 Å². The Morgan fingerprint density at radius 3 is 2.50 bits per heavy atom. The van der Waals surface area contributed by atoms with Crippen molar-refractivity contribution in [2.24, 2.45) is 0 Å². The van der Waals surface area contributed by atoms with E-state index >= 15 is 0 Å². The summed E-state index contributed by atoms with van der Waals surface area (Å²) in [6, 6.07) is 7.43. The van der Waals surface area contributed by atoms with Gasteiger partial charge in [0.05, 0.1) is 6.61 Å². The fourth-order valence-electron chi connectivity index (χ4n) is 1.76. The van der Waals surface area contributed by atoms with Gasteiger partial charge in [0, 0.05) is 32.4 Å². The number of hydrogen-bond acceptors (Lipinski definition) is 3. The lowest BCUT2D eigenvalue weighted by Gasteiger charge is -2.20. The third kappa shape index (κ3) is 4.13. The van der Waals surface area contributed by atoms with Crippen LogP contribution in [-0.4, -0.2) is 42.7 Å². The Kier molecular flexibility index (Phi) is 6.39. The van der Waals surface area contributed by atoms with Gasteiger partial charge >= 0.3 is 0 Å². The zero-order chi connectivity index (χ0) is 13.4. The molecule has 0 radical (unpaired) electrons. The minimum absolute atomic E-state index is 0.00918. The smallest absolute Gasteiger partial charge is 0.253 e. The topological polar surface area (TPSA) is 49.8 Å². The summed E-state index contributed by atoms with van der Waals surface area (Å²) in [6.45, 7) is 3.84. The van der Waals surface area contributed by atoms with E-state index in [9.17, 15) is 4.79 Å². The van der Waals surface area contributed by atoms with Gasteiger partial charge in [-0.3, -0.25) is 4.79 Å². The van der Waals surface area contributed by atoms with Gasteiger partial charge < -0.3 is 14.7 Å². The second kappa shape index (κ2) is 7.84. The first-order chi connectivity index (χ1) is 8.72. The van der Waals surface area contributed by atoms with Crippen molar-refractivity contribution in [1.29, 1.82) is 0 Å². The van der Waals surface area contributed by atoms with E-state index in [0.29, 0.717) is 31.7 Å². The lowest BCUT2D eigenvalue weighted by Crippen LogP contribution is -2.32. The second-order valence-corrected chi connectivity index (χ2v) is 4.09. The maximum atomic E-state index is 12.2. The summed E-state index contributed by atoms with van der Waals surface area (Å²) >= 11 is 0. The van der Waals surface area contributed by atoms with E-state index in [1.54, 1.807) is 12.0 Å². The number of ether oxygens (including phenoxy) is 1. The van der Waals surface area contributed by atoms with Crippen molar-refractivity contribution < 1.29 is 14.6 Å². The summed E-state index contributed by atoms with van der Waals surface area (Å²) in [5.74, 6) is 0.00918. The van der Waals surface area contributed by atoms with Crippen molar-refractivity contribution in [3.63, 3.8) is 0 Å². The van der Waals surface area contributed by atoms with Gasteiger partial charge in [0.2, 0.25) is 0 Å². The highest BCUT2D eigenvalue weighted by molar-refractivity contribution is 5.94. The molecule has 0 aliphatic heterocycles. The number of methoxy groups -OCH3 is 1. The number of benzene rings is 1. The molecule has 0 atom stereocenters. The Labute approximate surface area is 108 Å². The van der Waals surface area contributed by atoms with Crippen molar-refractivity contribution in [2.45, 2.75) is 20.0 Å². The summed E-state index contributed by atoms with van der Waals surface area (Å²) < 4.78 is 5.03. The molecule has 1 rings (SSSR count). The highest BCUT2D eigenvalue weighted by atomic mass is 16.5. The molecule has 1 N–H and O–H groups in total. The van der Waals surface area contributed by atoms with Gasteiger partial charge in [-0.15, -0.1) is 0 Å². The molecule has 0 aliphatic carbocycles. The maximum absolute atomic E-state index is 12.2. The Hall–Kier alpha value is -1.39. The van der Waals surface area contributed by atoms with Crippen molar-refractivity contribution in [1.82, 2.24) is 4.90 Å². The molecule has 0 bridgehead atoms. The third-order valence-electron chi connectivity index (χ3n) is 2.77. The largest absolute Gasteiger partial charge is 0.396 e. The van der Waals surface area contributed by atoms with Gasteiger partial charge in [-0.1, -0.05) is 12.1 Å². The maximum Gasteiger partial charge on any atom is 0.253 e. The normalized spacial score (nSPS) is 10.4. The molecule has 0 aromatic heterocycles. The zero-order valence-corrected chi connectivity index (χ0v) is 11.1. The quantitative estimate of drug-likeness (QED) is 0.802.